The number of hydrogen-bond acceptors (Lipinski definition) is 2. The highest BCUT2D eigenvalue weighted by Gasteiger charge is 2.14. The van der Waals surface area contributed by atoms with Crippen LogP contribution in [0, 0.1) is 6.07 Å². The molecule has 1 radical (unpaired) electrons. The molecule has 2 N–H and O–H groups in total. The van der Waals surface area contributed by atoms with Crippen molar-refractivity contribution in [3.8, 4) is 0 Å². The lowest BCUT2D eigenvalue weighted by Crippen LogP contribution is -2.38. The van der Waals surface area contributed by atoms with Gasteiger partial charge in [-0.3, -0.25) is 9.59 Å². The molecular formula is C10H10NO3. The molecule has 73 valence electrons. The SMILES string of the molecule is CC(NC(=O)c1cc[c]cc1)C(=O)O. The lowest BCUT2D eigenvalue weighted by molar-refractivity contribution is -0.138. The molecule has 0 aliphatic carbocycles. The van der Waals surface area contributed by atoms with Crippen LogP contribution in [0.25, 0.3) is 0 Å². The Morgan fingerprint density at radius 1 is 1.43 bits per heavy atom. The van der Waals surface area contributed by atoms with Crippen molar-refractivity contribution >= 4 is 11.9 Å². The van der Waals surface area contributed by atoms with E-state index >= 15 is 0 Å². The van der Waals surface area contributed by atoms with Gasteiger partial charge in [0.1, 0.15) is 6.04 Å². The number of benzene rings is 1. The van der Waals surface area contributed by atoms with Crippen molar-refractivity contribution in [3.05, 3.63) is 35.9 Å². The quantitative estimate of drug-likeness (QED) is 0.740. The van der Waals surface area contributed by atoms with Gasteiger partial charge in [0.05, 0.1) is 0 Å². The van der Waals surface area contributed by atoms with E-state index in [1.807, 2.05) is 0 Å². The van der Waals surface area contributed by atoms with E-state index in [1.54, 1.807) is 24.3 Å². The number of nitrogens with one attached hydrogen (secondary N) is 1. The number of amides is 1. The second-order valence-corrected chi connectivity index (χ2v) is 2.82. The molecule has 1 rings (SSSR count). The maximum atomic E-state index is 11.4. The summed E-state index contributed by atoms with van der Waals surface area (Å²) in [6, 6.07) is 8.23. The predicted molar refractivity (Wildman–Crippen MR) is 49.8 cm³/mol. The van der Waals surface area contributed by atoms with E-state index in [0.29, 0.717) is 5.56 Å². The van der Waals surface area contributed by atoms with Gasteiger partial charge in [-0.2, -0.15) is 0 Å². The van der Waals surface area contributed by atoms with E-state index in [2.05, 4.69) is 11.4 Å². The van der Waals surface area contributed by atoms with Gasteiger partial charge in [-0.15, -0.1) is 0 Å². The summed E-state index contributed by atoms with van der Waals surface area (Å²) in [4.78, 5) is 21.8. The first kappa shape index (κ1) is 10.2. The maximum absolute atomic E-state index is 11.4. The predicted octanol–water partition coefficient (Wildman–Crippen LogP) is 0.690. The first-order valence-electron chi connectivity index (χ1n) is 4.11. The minimum Gasteiger partial charge on any atom is -0.480 e. The molecule has 0 saturated heterocycles. The molecule has 4 nitrogen and oxygen atoms in total. The molecule has 0 aliphatic rings. The van der Waals surface area contributed by atoms with Crippen LogP contribution in [0.1, 0.15) is 17.3 Å². The molecule has 0 heterocycles. The third-order valence-electron chi connectivity index (χ3n) is 1.70. The Labute approximate surface area is 81.6 Å². The molecule has 1 amide bonds. The lowest BCUT2D eigenvalue weighted by Gasteiger charge is -2.08. The second kappa shape index (κ2) is 4.41. The summed E-state index contributed by atoms with van der Waals surface area (Å²) in [5, 5.41) is 10.9. The zero-order valence-electron chi connectivity index (χ0n) is 7.65. The molecule has 4 heteroatoms. The Balaban J connectivity index is 2.64. The summed E-state index contributed by atoms with van der Waals surface area (Å²) in [6.45, 7) is 1.41. The van der Waals surface area contributed by atoms with Gasteiger partial charge in [-0.25, -0.2) is 0 Å². The summed E-state index contributed by atoms with van der Waals surface area (Å²) in [7, 11) is 0. The zero-order valence-corrected chi connectivity index (χ0v) is 7.65. The Bertz CT molecular complexity index is 334. The van der Waals surface area contributed by atoms with Crippen LogP contribution in [0.2, 0.25) is 0 Å². The van der Waals surface area contributed by atoms with Crippen molar-refractivity contribution in [2.45, 2.75) is 13.0 Å². The van der Waals surface area contributed by atoms with E-state index in [0.717, 1.165) is 0 Å². The van der Waals surface area contributed by atoms with E-state index < -0.39 is 17.9 Å². The van der Waals surface area contributed by atoms with E-state index in [-0.39, 0.29) is 0 Å². The van der Waals surface area contributed by atoms with E-state index in [1.165, 1.54) is 6.92 Å². The van der Waals surface area contributed by atoms with Crippen LogP contribution < -0.4 is 5.32 Å². The molecule has 0 fully saturated rings. The van der Waals surface area contributed by atoms with Gasteiger partial charge >= 0.3 is 5.97 Å². The Kier molecular flexibility index (Phi) is 3.23. The third kappa shape index (κ3) is 2.58. The minimum atomic E-state index is -1.05. The Morgan fingerprint density at radius 3 is 2.50 bits per heavy atom. The van der Waals surface area contributed by atoms with Crippen LogP contribution in [0.4, 0.5) is 0 Å². The topological polar surface area (TPSA) is 66.4 Å². The highest BCUT2D eigenvalue weighted by Crippen LogP contribution is 1.98. The van der Waals surface area contributed by atoms with Crippen LogP contribution in [0.3, 0.4) is 0 Å². The number of carboxylic acid groups (broad SMARTS) is 1. The molecule has 1 aromatic carbocycles. The molecular weight excluding hydrogens is 182 g/mol. The van der Waals surface area contributed by atoms with E-state index in [9.17, 15) is 9.59 Å². The summed E-state index contributed by atoms with van der Waals surface area (Å²) < 4.78 is 0. The summed E-state index contributed by atoms with van der Waals surface area (Å²) in [6.07, 6.45) is 0. The Morgan fingerprint density at radius 2 is 2.00 bits per heavy atom. The van der Waals surface area contributed by atoms with Crippen molar-refractivity contribution in [1.82, 2.24) is 5.32 Å². The molecule has 1 atom stereocenters. The highest BCUT2D eigenvalue weighted by molar-refractivity contribution is 5.96. The third-order valence-corrected chi connectivity index (χ3v) is 1.70. The fourth-order valence-corrected chi connectivity index (χ4v) is 0.880. The molecule has 0 aromatic heterocycles. The van der Waals surface area contributed by atoms with Gasteiger partial charge < -0.3 is 10.4 Å². The van der Waals surface area contributed by atoms with Crippen LogP contribution in [-0.2, 0) is 4.79 Å². The maximum Gasteiger partial charge on any atom is 0.325 e. The first-order valence-corrected chi connectivity index (χ1v) is 4.11. The average molecular weight is 192 g/mol. The van der Waals surface area contributed by atoms with Crippen LogP contribution in [0.5, 0.6) is 0 Å². The molecule has 0 saturated carbocycles. The van der Waals surface area contributed by atoms with Crippen LogP contribution in [-0.4, -0.2) is 23.0 Å². The molecule has 0 aliphatic heterocycles. The van der Waals surface area contributed by atoms with Crippen molar-refractivity contribution in [2.75, 3.05) is 0 Å². The number of aliphatic carboxylic acids is 1. The minimum absolute atomic E-state index is 0.395. The van der Waals surface area contributed by atoms with Gasteiger partial charge in [-0.1, -0.05) is 12.1 Å². The monoisotopic (exact) mass is 192 g/mol. The molecule has 0 spiro atoms. The molecule has 14 heavy (non-hydrogen) atoms. The lowest BCUT2D eigenvalue weighted by atomic mass is 10.2. The van der Waals surface area contributed by atoms with Crippen LogP contribution in [0.15, 0.2) is 24.3 Å². The Hall–Kier alpha value is -1.84. The van der Waals surface area contributed by atoms with Crippen molar-refractivity contribution in [1.29, 1.82) is 0 Å². The zero-order chi connectivity index (χ0) is 10.6. The van der Waals surface area contributed by atoms with Gasteiger partial charge in [0.2, 0.25) is 0 Å². The number of carbonyl (C=O) groups excluding carboxylic acids is 1. The summed E-state index contributed by atoms with van der Waals surface area (Å²) in [5.74, 6) is -1.45. The van der Waals surface area contributed by atoms with Gasteiger partial charge in [0, 0.05) is 5.56 Å². The fraction of sp³-hybridized carbons (Fsp3) is 0.200. The fourth-order valence-electron chi connectivity index (χ4n) is 0.880. The number of hydrogen-bond donors (Lipinski definition) is 2. The molecule has 0 bridgehead atoms. The van der Waals surface area contributed by atoms with Crippen molar-refractivity contribution in [2.24, 2.45) is 0 Å². The average Bonchev–Trinajstić information content (AvgIpc) is 2.19. The number of carboxylic acids is 1. The van der Waals surface area contributed by atoms with E-state index in [4.69, 9.17) is 5.11 Å². The summed E-state index contributed by atoms with van der Waals surface area (Å²) in [5.41, 5.74) is 0.428. The smallest absolute Gasteiger partial charge is 0.325 e. The van der Waals surface area contributed by atoms with Gasteiger partial charge in [0.25, 0.3) is 5.91 Å². The van der Waals surface area contributed by atoms with Gasteiger partial charge in [0.15, 0.2) is 0 Å². The van der Waals surface area contributed by atoms with Gasteiger partial charge in [-0.05, 0) is 25.1 Å². The van der Waals surface area contributed by atoms with Crippen LogP contribution >= 0.6 is 0 Å². The number of rotatable bonds is 3. The molecule has 1 unspecified atom stereocenters. The largest absolute Gasteiger partial charge is 0.480 e. The number of carbonyl (C=O) groups is 2. The standard InChI is InChI=1S/C10H10NO3/c1-7(10(13)14)11-9(12)8-5-3-2-4-6-8/h3-7H,1H3,(H,11,12)(H,13,14). The summed E-state index contributed by atoms with van der Waals surface area (Å²) >= 11 is 0. The normalized spacial score (nSPS) is 11.8. The van der Waals surface area contributed by atoms with Crippen molar-refractivity contribution in [3.63, 3.8) is 0 Å². The first-order chi connectivity index (χ1) is 6.61. The molecule has 1 aromatic rings. The highest BCUT2D eigenvalue weighted by atomic mass is 16.4. The second-order valence-electron chi connectivity index (χ2n) is 2.82. The van der Waals surface area contributed by atoms with Crippen molar-refractivity contribution < 1.29 is 14.7 Å².